The first-order valence-corrected chi connectivity index (χ1v) is 9.95. The van der Waals surface area contributed by atoms with E-state index in [1.165, 1.54) is 38.5 Å². The zero-order valence-electron chi connectivity index (χ0n) is 15.9. The SMILES string of the molecule is CCOC1CC(NC(=NC)NCCCOCC2CC2)C12CCCC2.I. The molecule has 0 aromatic heterocycles. The predicted octanol–water partition coefficient (Wildman–Crippen LogP) is 3.32. The highest BCUT2D eigenvalue weighted by molar-refractivity contribution is 14.0. The van der Waals surface area contributed by atoms with Gasteiger partial charge in [0.05, 0.1) is 6.10 Å². The van der Waals surface area contributed by atoms with Crippen molar-refractivity contribution >= 4 is 29.9 Å². The molecular formula is C19H36IN3O2. The molecule has 0 aliphatic heterocycles. The van der Waals surface area contributed by atoms with Gasteiger partial charge in [0.2, 0.25) is 0 Å². The first-order chi connectivity index (χ1) is 11.8. The molecule has 5 nitrogen and oxygen atoms in total. The summed E-state index contributed by atoms with van der Waals surface area (Å²) in [5.74, 6) is 1.79. The number of rotatable bonds is 9. The number of nitrogens with zero attached hydrogens (tertiary/aromatic N) is 1. The van der Waals surface area contributed by atoms with Crippen LogP contribution in [0.3, 0.4) is 0 Å². The molecule has 25 heavy (non-hydrogen) atoms. The van der Waals surface area contributed by atoms with Gasteiger partial charge in [0.25, 0.3) is 0 Å². The number of nitrogens with one attached hydrogen (secondary N) is 2. The Balaban J connectivity index is 0.00000225. The van der Waals surface area contributed by atoms with Crippen molar-refractivity contribution in [2.24, 2.45) is 16.3 Å². The van der Waals surface area contributed by atoms with Crippen LogP contribution in [-0.2, 0) is 9.47 Å². The molecular weight excluding hydrogens is 429 g/mol. The maximum atomic E-state index is 5.99. The maximum absolute atomic E-state index is 5.99. The van der Waals surface area contributed by atoms with Gasteiger partial charge in [-0.05, 0) is 51.4 Å². The summed E-state index contributed by atoms with van der Waals surface area (Å²) in [4.78, 5) is 4.40. The molecule has 1 spiro atoms. The van der Waals surface area contributed by atoms with Gasteiger partial charge in [-0.3, -0.25) is 4.99 Å². The molecule has 0 aromatic carbocycles. The quantitative estimate of drug-likeness (QED) is 0.238. The smallest absolute Gasteiger partial charge is 0.191 e. The highest BCUT2D eigenvalue weighted by atomic mass is 127. The number of hydrogen-bond acceptors (Lipinski definition) is 3. The van der Waals surface area contributed by atoms with Gasteiger partial charge in [0.15, 0.2) is 5.96 Å². The summed E-state index contributed by atoms with van der Waals surface area (Å²) < 4.78 is 11.7. The Kier molecular flexibility index (Phi) is 8.75. The third kappa shape index (κ3) is 5.45. The third-order valence-electron chi connectivity index (χ3n) is 6.03. The van der Waals surface area contributed by atoms with Crippen molar-refractivity contribution in [1.29, 1.82) is 0 Å². The normalized spacial score (nSPS) is 27.7. The van der Waals surface area contributed by atoms with Crippen molar-refractivity contribution in [2.75, 3.05) is 33.4 Å². The second-order valence-electron chi connectivity index (χ2n) is 7.69. The molecule has 146 valence electrons. The van der Waals surface area contributed by atoms with Crippen molar-refractivity contribution < 1.29 is 9.47 Å². The molecule has 2 atom stereocenters. The lowest BCUT2D eigenvalue weighted by Gasteiger charge is -2.54. The molecule has 3 aliphatic rings. The Labute approximate surface area is 170 Å². The molecule has 0 bridgehead atoms. The van der Waals surface area contributed by atoms with E-state index in [9.17, 15) is 0 Å². The van der Waals surface area contributed by atoms with E-state index in [0.717, 1.165) is 51.1 Å². The first kappa shape index (κ1) is 21.2. The summed E-state index contributed by atoms with van der Waals surface area (Å²) in [6, 6.07) is 0.508. The average Bonchev–Trinajstić information content (AvgIpc) is 3.26. The molecule has 6 heteroatoms. The highest BCUT2D eigenvalue weighted by Crippen LogP contribution is 2.54. The summed E-state index contributed by atoms with van der Waals surface area (Å²) in [6.07, 6.45) is 10.6. The fourth-order valence-electron chi connectivity index (χ4n) is 4.36. The number of aliphatic imine (C=N–C) groups is 1. The Morgan fingerprint density at radius 3 is 2.64 bits per heavy atom. The van der Waals surface area contributed by atoms with E-state index in [0.29, 0.717) is 17.6 Å². The molecule has 2 N–H and O–H groups in total. The second kappa shape index (κ2) is 10.3. The fourth-order valence-corrected chi connectivity index (χ4v) is 4.36. The molecule has 0 saturated heterocycles. The summed E-state index contributed by atoms with van der Waals surface area (Å²) in [5, 5.41) is 7.11. The van der Waals surface area contributed by atoms with Gasteiger partial charge in [0.1, 0.15) is 0 Å². The van der Waals surface area contributed by atoms with Gasteiger partial charge < -0.3 is 20.1 Å². The maximum Gasteiger partial charge on any atom is 0.191 e. The van der Waals surface area contributed by atoms with Crippen LogP contribution in [0.1, 0.15) is 58.3 Å². The van der Waals surface area contributed by atoms with E-state index in [-0.39, 0.29) is 24.0 Å². The molecule has 2 unspecified atom stereocenters. The first-order valence-electron chi connectivity index (χ1n) is 9.95. The molecule has 3 aliphatic carbocycles. The van der Waals surface area contributed by atoms with Crippen molar-refractivity contribution in [3.05, 3.63) is 0 Å². The van der Waals surface area contributed by atoms with Gasteiger partial charge in [-0.15, -0.1) is 24.0 Å². The zero-order valence-corrected chi connectivity index (χ0v) is 18.2. The number of ether oxygens (including phenoxy) is 2. The van der Waals surface area contributed by atoms with Crippen LogP contribution in [0.25, 0.3) is 0 Å². The van der Waals surface area contributed by atoms with Gasteiger partial charge in [-0.25, -0.2) is 0 Å². The summed E-state index contributed by atoms with van der Waals surface area (Å²) >= 11 is 0. The van der Waals surface area contributed by atoms with Gasteiger partial charge >= 0.3 is 0 Å². The van der Waals surface area contributed by atoms with E-state index in [4.69, 9.17) is 9.47 Å². The Bertz CT molecular complexity index is 423. The van der Waals surface area contributed by atoms with Crippen LogP contribution in [0.2, 0.25) is 0 Å². The van der Waals surface area contributed by atoms with Crippen LogP contribution < -0.4 is 10.6 Å². The standard InChI is InChI=1S/C19H35N3O2.HI/c1-3-24-17-13-16(19(17)9-4-5-10-19)22-18(20-2)21-11-6-12-23-14-15-7-8-15;/h15-17H,3-14H2,1-2H3,(H2,20,21,22);1H. The minimum Gasteiger partial charge on any atom is -0.381 e. The minimum atomic E-state index is 0. The Morgan fingerprint density at radius 2 is 2.00 bits per heavy atom. The van der Waals surface area contributed by atoms with Crippen LogP contribution in [0.5, 0.6) is 0 Å². The van der Waals surface area contributed by atoms with E-state index in [1.54, 1.807) is 0 Å². The lowest BCUT2D eigenvalue weighted by Crippen LogP contribution is -2.65. The van der Waals surface area contributed by atoms with Gasteiger partial charge in [-0.2, -0.15) is 0 Å². The lowest BCUT2D eigenvalue weighted by atomic mass is 9.60. The van der Waals surface area contributed by atoms with E-state index in [1.807, 2.05) is 7.05 Å². The predicted molar refractivity (Wildman–Crippen MR) is 113 cm³/mol. The third-order valence-corrected chi connectivity index (χ3v) is 6.03. The zero-order chi connectivity index (χ0) is 16.8. The molecule has 0 amide bonds. The van der Waals surface area contributed by atoms with Gasteiger partial charge in [-0.1, -0.05) is 12.8 Å². The molecule has 0 aromatic rings. The topological polar surface area (TPSA) is 54.9 Å². The van der Waals surface area contributed by atoms with Gasteiger partial charge in [0, 0.05) is 44.9 Å². The molecule has 0 radical (unpaired) electrons. The van der Waals surface area contributed by atoms with E-state index >= 15 is 0 Å². The van der Waals surface area contributed by atoms with Crippen LogP contribution in [0.15, 0.2) is 4.99 Å². The molecule has 0 heterocycles. The van der Waals surface area contributed by atoms with Crippen molar-refractivity contribution in [1.82, 2.24) is 10.6 Å². The van der Waals surface area contributed by atoms with E-state index in [2.05, 4.69) is 22.5 Å². The Hall–Kier alpha value is -0.0800. The molecule has 3 rings (SSSR count). The average molecular weight is 465 g/mol. The summed E-state index contributed by atoms with van der Waals surface area (Å²) in [5.41, 5.74) is 0.348. The fraction of sp³-hybridized carbons (Fsp3) is 0.947. The van der Waals surface area contributed by atoms with Crippen LogP contribution in [-0.4, -0.2) is 51.5 Å². The summed E-state index contributed by atoms with van der Waals surface area (Å²) in [7, 11) is 1.86. The van der Waals surface area contributed by atoms with Crippen LogP contribution in [0.4, 0.5) is 0 Å². The second-order valence-corrected chi connectivity index (χ2v) is 7.69. The van der Waals surface area contributed by atoms with Crippen molar-refractivity contribution in [2.45, 2.75) is 70.4 Å². The van der Waals surface area contributed by atoms with Crippen LogP contribution in [0, 0.1) is 11.3 Å². The van der Waals surface area contributed by atoms with Crippen LogP contribution >= 0.6 is 24.0 Å². The minimum absolute atomic E-state index is 0. The van der Waals surface area contributed by atoms with Crippen molar-refractivity contribution in [3.8, 4) is 0 Å². The number of halogens is 1. The number of guanidine groups is 1. The monoisotopic (exact) mass is 465 g/mol. The largest absolute Gasteiger partial charge is 0.381 e. The molecule has 3 saturated carbocycles. The van der Waals surface area contributed by atoms with Crippen molar-refractivity contribution in [3.63, 3.8) is 0 Å². The summed E-state index contributed by atoms with van der Waals surface area (Å²) in [6.45, 7) is 5.65. The Morgan fingerprint density at radius 1 is 1.24 bits per heavy atom. The molecule has 3 fully saturated rings. The highest BCUT2D eigenvalue weighted by Gasteiger charge is 2.56. The number of hydrogen-bond donors (Lipinski definition) is 2. The lowest BCUT2D eigenvalue weighted by molar-refractivity contribution is -0.125. The van der Waals surface area contributed by atoms with E-state index < -0.39 is 0 Å².